The minimum atomic E-state index is 0.571. The first-order valence-corrected chi connectivity index (χ1v) is 12.4. The van der Waals surface area contributed by atoms with Crippen LogP contribution < -0.4 is 0 Å². The molecule has 2 bridgehead atoms. The lowest BCUT2D eigenvalue weighted by atomic mass is 9.48. The summed E-state index contributed by atoms with van der Waals surface area (Å²) in [6, 6.07) is 0. The molecule has 0 aromatic rings. The summed E-state index contributed by atoms with van der Waals surface area (Å²) in [5, 5.41) is 0. The summed E-state index contributed by atoms with van der Waals surface area (Å²) in [5.74, 6) is 1.82. The van der Waals surface area contributed by atoms with Crippen molar-refractivity contribution in [3.63, 3.8) is 0 Å². The Bertz CT molecular complexity index is 451. The van der Waals surface area contributed by atoms with Gasteiger partial charge in [0.05, 0.1) is 0 Å². The van der Waals surface area contributed by atoms with Crippen molar-refractivity contribution in [3.05, 3.63) is 11.6 Å². The van der Waals surface area contributed by atoms with Gasteiger partial charge in [0.2, 0.25) is 0 Å². The van der Waals surface area contributed by atoms with Gasteiger partial charge in [0.1, 0.15) is 6.29 Å². The first kappa shape index (κ1) is 23.6. The van der Waals surface area contributed by atoms with Crippen molar-refractivity contribution in [2.45, 2.75) is 117 Å². The maximum absolute atomic E-state index is 10.2. The van der Waals surface area contributed by atoms with Gasteiger partial charge in [0.15, 0.2) is 0 Å². The fraction of sp³-hybridized carbons (Fsp3) is 0.885. The summed E-state index contributed by atoms with van der Waals surface area (Å²) < 4.78 is 5.88. The average molecular weight is 391 g/mol. The van der Waals surface area contributed by atoms with Gasteiger partial charge in [-0.3, -0.25) is 0 Å². The van der Waals surface area contributed by atoms with E-state index in [9.17, 15) is 4.79 Å². The van der Waals surface area contributed by atoms with E-state index in [1.54, 1.807) is 5.57 Å². The number of fused-ring (bicyclic) bond motifs is 1. The zero-order valence-corrected chi connectivity index (χ0v) is 18.9. The molecule has 2 atom stereocenters. The second kappa shape index (κ2) is 13.6. The molecular formula is C26H46O2. The predicted octanol–water partition coefficient (Wildman–Crippen LogP) is 7.66. The Labute approximate surface area is 174 Å². The van der Waals surface area contributed by atoms with Crippen molar-refractivity contribution in [1.29, 1.82) is 0 Å². The van der Waals surface area contributed by atoms with E-state index < -0.39 is 0 Å². The third-order valence-corrected chi connectivity index (χ3v) is 7.45. The van der Waals surface area contributed by atoms with Crippen LogP contribution in [0.3, 0.4) is 0 Å². The Morgan fingerprint density at radius 1 is 0.893 bits per heavy atom. The Morgan fingerprint density at radius 3 is 2.04 bits per heavy atom. The van der Waals surface area contributed by atoms with Crippen molar-refractivity contribution >= 4 is 6.29 Å². The lowest BCUT2D eigenvalue weighted by Crippen LogP contribution is -2.48. The molecule has 0 radical (unpaired) electrons. The average Bonchev–Trinajstić information content (AvgIpc) is 2.70. The second-order valence-electron chi connectivity index (χ2n) is 9.88. The van der Waals surface area contributed by atoms with Gasteiger partial charge >= 0.3 is 0 Å². The van der Waals surface area contributed by atoms with Gasteiger partial charge in [0, 0.05) is 19.6 Å². The molecule has 162 valence electrons. The largest absolute Gasteiger partial charge is 0.381 e. The molecule has 0 heterocycles. The number of hydrogen-bond donors (Lipinski definition) is 0. The van der Waals surface area contributed by atoms with Crippen LogP contribution in [0.2, 0.25) is 0 Å². The number of allylic oxidation sites excluding steroid dienone is 2. The van der Waals surface area contributed by atoms with E-state index in [-0.39, 0.29) is 0 Å². The molecule has 0 aliphatic heterocycles. The SMILES string of the molecule is CC1(C)C2CC=C(CCCOCCCCCCCCCCCCCC=O)C1C2. The first-order chi connectivity index (χ1) is 13.7. The molecule has 2 unspecified atom stereocenters. The minimum Gasteiger partial charge on any atom is -0.381 e. The summed E-state index contributed by atoms with van der Waals surface area (Å²) in [5.41, 5.74) is 2.30. The monoisotopic (exact) mass is 390 g/mol. The molecule has 0 saturated heterocycles. The van der Waals surface area contributed by atoms with Crippen molar-refractivity contribution in [2.24, 2.45) is 17.3 Å². The third kappa shape index (κ3) is 8.01. The van der Waals surface area contributed by atoms with E-state index in [0.717, 1.165) is 44.2 Å². The van der Waals surface area contributed by atoms with E-state index in [4.69, 9.17) is 4.74 Å². The lowest BCUT2D eigenvalue weighted by molar-refractivity contribution is -0.107. The van der Waals surface area contributed by atoms with Crippen LogP contribution in [-0.4, -0.2) is 19.5 Å². The maximum atomic E-state index is 10.2. The molecular weight excluding hydrogens is 344 g/mol. The summed E-state index contributed by atoms with van der Waals surface area (Å²) >= 11 is 0. The predicted molar refractivity (Wildman–Crippen MR) is 120 cm³/mol. The zero-order chi connectivity index (χ0) is 20.1. The molecule has 1 saturated carbocycles. The van der Waals surface area contributed by atoms with Crippen LogP contribution in [0.4, 0.5) is 0 Å². The van der Waals surface area contributed by atoms with E-state index in [2.05, 4.69) is 19.9 Å². The number of rotatable bonds is 18. The number of hydrogen-bond acceptors (Lipinski definition) is 2. The molecule has 2 nitrogen and oxygen atoms in total. The highest BCUT2D eigenvalue weighted by Crippen LogP contribution is 2.59. The summed E-state index contributed by atoms with van der Waals surface area (Å²) in [6.45, 7) is 6.83. The molecule has 3 rings (SSSR count). The summed E-state index contributed by atoms with van der Waals surface area (Å²) in [4.78, 5) is 10.2. The molecule has 2 heteroatoms. The van der Waals surface area contributed by atoms with Gasteiger partial charge in [-0.2, -0.15) is 0 Å². The van der Waals surface area contributed by atoms with Crippen LogP contribution in [0.5, 0.6) is 0 Å². The van der Waals surface area contributed by atoms with Gasteiger partial charge in [-0.15, -0.1) is 0 Å². The van der Waals surface area contributed by atoms with Crippen molar-refractivity contribution < 1.29 is 9.53 Å². The van der Waals surface area contributed by atoms with Gasteiger partial charge in [0.25, 0.3) is 0 Å². The highest BCUT2D eigenvalue weighted by Gasteiger charge is 2.50. The van der Waals surface area contributed by atoms with Crippen molar-refractivity contribution in [2.75, 3.05) is 13.2 Å². The molecule has 0 aromatic heterocycles. The van der Waals surface area contributed by atoms with Crippen LogP contribution >= 0.6 is 0 Å². The molecule has 28 heavy (non-hydrogen) atoms. The van der Waals surface area contributed by atoms with Gasteiger partial charge in [-0.1, -0.05) is 83.3 Å². The number of aldehydes is 1. The number of carbonyl (C=O) groups excluding carboxylic acids is 1. The quantitative estimate of drug-likeness (QED) is 0.136. The van der Waals surface area contributed by atoms with Crippen molar-refractivity contribution in [3.8, 4) is 0 Å². The van der Waals surface area contributed by atoms with E-state index in [1.165, 1.54) is 89.9 Å². The third-order valence-electron chi connectivity index (χ3n) is 7.45. The highest BCUT2D eigenvalue weighted by molar-refractivity contribution is 5.48. The van der Waals surface area contributed by atoms with E-state index in [0.29, 0.717) is 5.41 Å². The van der Waals surface area contributed by atoms with Crippen LogP contribution in [0.15, 0.2) is 11.6 Å². The molecule has 3 aliphatic carbocycles. The van der Waals surface area contributed by atoms with Gasteiger partial charge < -0.3 is 9.53 Å². The van der Waals surface area contributed by atoms with Crippen LogP contribution in [0, 0.1) is 17.3 Å². The number of carbonyl (C=O) groups is 1. The molecule has 0 N–H and O–H groups in total. The fourth-order valence-electron chi connectivity index (χ4n) is 5.26. The van der Waals surface area contributed by atoms with Crippen LogP contribution in [-0.2, 0) is 9.53 Å². The topological polar surface area (TPSA) is 26.3 Å². The number of ether oxygens (including phenoxy) is 1. The Hall–Kier alpha value is -0.630. The molecule has 0 amide bonds. The Morgan fingerprint density at radius 2 is 1.46 bits per heavy atom. The Kier molecular flexibility index (Phi) is 11.5. The van der Waals surface area contributed by atoms with Crippen molar-refractivity contribution in [1.82, 2.24) is 0 Å². The fourth-order valence-corrected chi connectivity index (χ4v) is 5.26. The smallest absolute Gasteiger partial charge is 0.119 e. The van der Waals surface area contributed by atoms with E-state index >= 15 is 0 Å². The molecule has 0 spiro atoms. The minimum absolute atomic E-state index is 0.571. The Balaban J connectivity index is 1.28. The van der Waals surface area contributed by atoms with E-state index in [1.807, 2.05) is 0 Å². The summed E-state index contributed by atoms with van der Waals surface area (Å²) in [6.07, 6.45) is 24.0. The maximum Gasteiger partial charge on any atom is 0.119 e. The standard InChI is InChI=1S/C26H46O2/c1-26(2)24-18-17-23(25(26)22-24)16-15-21-28-20-14-12-10-8-6-4-3-5-7-9-11-13-19-27/h17,19,24-25H,3-16,18,20-22H2,1-2H3. The second-order valence-corrected chi connectivity index (χ2v) is 9.88. The molecule has 0 aromatic carbocycles. The lowest BCUT2D eigenvalue weighted by Gasteiger charge is -2.56. The van der Waals surface area contributed by atoms with Gasteiger partial charge in [-0.25, -0.2) is 0 Å². The van der Waals surface area contributed by atoms with Gasteiger partial charge in [-0.05, 0) is 55.8 Å². The molecule has 1 fully saturated rings. The molecule has 3 aliphatic rings. The highest BCUT2D eigenvalue weighted by atomic mass is 16.5. The normalized spacial score (nSPS) is 22.6. The van der Waals surface area contributed by atoms with Crippen LogP contribution in [0.25, 0.3) is 0 Å². The zero-order valence-electron chi connectivity index (χ0n) is 18.9. The number of unbranched alkanes of at least 4 members (excludes halogenated alkanes) is 11. The summed E-state index contributed by atoms with van der Waals surface area (Å²) in [7, 11) is 0. The first-order valence-electron chi connectivity index (χ1n) is 12.4. The van der Waals surface area contributed by atoms with Crippen LogP contribution in [0.1, 0.15) is 117 Å².